The third kappa shape index (κ3) is 1.88. The molecule has 1 aromatic rings. The fourth-order valence-corrected chi connectivity index (χ4v) is 1.54. The van der Waals surface area contributed by atoms with Crippen LogP contribution < -0.4 is 4.74 Å². The van der Waals surface area contributed by atoms with Gasteiger partial charge in [-0.3, -0.25) is 9.59 Å². The van der Waals surface area contributed by atoms with E-state index >= 15 is 0 Å². The van der Waals surface area contributed by atoms with Gasteiger partial charge in [-0.2, -0.15) is 4.99 Å². The molecular formula is C13H13NO4. The van der Waals surface area contributed by atoms with Gasteiger partial charge >= 0.3 is 5.91 Å². The van der Waals surface area contributed by atoms with Crippen LogP contribution in [0, 0.1) is 0 Å². The van der Waals surface area contributed by atoms with Gasteiger partial charge in [-0.25, -0.2) is 0 Å². The first-order valence-electron chi connectivity index (χ1n) is 5.45. The lowest BCUT2D eigenvalue weighted by molar-refractivity contribution is -0.142. The molecule has 0 fully saturated rings. The van der Waals surface area contributed by atoms with Crippen molar-refractivity contribution in [1.82, 2.24) is 0 Å². The maximum absolute atomic E-state index is 11.7. The second-order valence-corrected chi connectivity index (χ2v) is 4.14. The largest absolute Gasteiger partial charge is 0.497 e. The van der Waals surface area contributed by atoms with Crippen LogP contribution in [0.25, 0.3) is 0 Å². The zero-order chi connectivity index (χ0) is 13.3. The van der Waals surface area contributed by atoms with E-state index in [0.29, 0.717) is 11.3 Å². The zero-order valence-electron chi connectivity index (χ0n) is 10.4. The van der Waals surface area contributed by atoms with Crippen molar-refractivity contribution in [2.75, 3.05) is 7.11 Å². The van der Waals surface area contributed by atoms with Gasteiger partial charge in [-0.05, 0) is 38.1 Å². The summed E-state index contributed by atoms with van der Waals surface area (Å²) >= 11 is 0. The topological polar surface area (TPSA) is 65.0 Å². The van der Waals surface area contributed by atoms with Gasteiger partial charge in [0.1, 0.15) is 5.75 Å². The smallest absolute Gasteiger partial charge is 0.300 e. The van der Waals surface area contributed by atoms with Crippen molar-refractivity contribution in [3.63, 3.8) is 0 Å². The van der Waals surface area contributed by atoms with Gasteiger partial charge in [0.25, 0.3) is 0 Å². The monoisotopic (exact) mass is 247 g/mol. The number of carbonyl (C=O) groups is 2. The maximum atomic E-state index is 11.7. The molecule has 1 atom stereocenters. The molecule has 18 heavy (non-hydrogen) atoms. The van der Waals surface area contributed by atoms with Crippen molar-refractivity contribution in [3.8, 4) is 5.75 Å². The second kappa shape index (κ2) is 4.25. The molecule has 0 unspecified atom stereocenters. The molecule has 1 heterocycles. The van der Waals surface area contributed by atoms with Gasteiger partial charge in [0.15, 0.2) is 5.78 Å². The average Bonchev–Trinajstić information content (AvgIpc) is 2.67. The van der Waals surface area contributed by atoms with Gasteiger partial charge in [0, 0.05) is 5.56 Å². The molecule has 0 saturated heterocycles. The molecular weight excluding hydrogens is 234 g/mol. The Kier molecular flexibility index (Phi) is 2.90. The molecule has 2 rings (SSSR count). The van der Waals surface area contributed by atoms with Gasteiger partial charge in [-0.1, -0.05) is 0 Å². The van der Waals surface area contributed by atoms with E-state index in [4.69, 9.17) is 9.47 Å². The van der Waals surface area contributed by atoms with Crippen LogP contribution >= 0.6 is 0 Å². The van der Waals surface area contributed by atoms with Crippen molar-refractivity contribution < 1.29 is 19.1 Å². The molecule has 1 aromatic carbocycles. The van der Waals surface area contributed by atoms with E-state index in [2.05, 4.69) is 4.99 Å². The molecule has 0 N–H and O–H groups in total. The molecule has 0 radical (unpaired) electrons. The summed E-state index contributed by atoms with van der Waals surface area (Å²) in [4.78, 5) is 26.9. The Labute approximate surface area is 104 Å². The van der Waals surface area contributed by atoms with Crippen LogP contribution in [0.3, 0.4) is 0 Å². The molecule has 0 spiro atoms. The van der Waals surface area contributed by atoms with Crippen LogP contribution in [0.4, 0.5) is 0 Å². The van der Waals surface area contributed by atoms with Gasteiger partial charge in [0.2, 0.25) is 11.5 Å². The van der Waals surface area contributed by atoms with E-state index in [1.165, 1.54) is 13.8 Å². The molecule has 1 aliphatic rings. The van der Waals surface area contributed by atoms with Gasteiger partial charge < -0.3 is 9.47 Å². The summed E-state index contributed by atoms with van der Waals surface area (Å²) in [5.74, 6) is -0.0704. The molecule has 1 amide bonds. The van der Waals surface area contributed by atoms with E-state index in [0.717, 1.165) is 0 Å². The predicted octanol–water partition coefficient (Wildman–Crippen LogP) is 1.35. The lowest BCUT2D eigenvalue weighted by atomic mass is 10.0. The average molecular weight is 247 g/mol. The predicted molar refractivity (Wildman–Crippen MR) is 64.7 cm³/mol. The number of nitrogens with zero attached hydrogens (tertiary/aromatic N) is 1. The van der Waals surface area contributed by atoms with Crippen molar-refractivity contribution in [1.29, 1.82) is 0 Å². The highest BCUT2D eigenvalue weighted by atomic mass is 16.5. The van der Waals surface area contributed by atoms with Gasteiger partial charge in [-0.15, -0.1) is 0 Å². The fraction of sp³-hybridized carbons (Fsp3) is 0.308. The van der Waals surface area contributed by atoms with E-state index in [1.807, 2.05) is 0 Å². The standard InChI is InChI=1S/C13H13NO4/c1-8(15)13(2)12(16)14-11(18-13)9-4-6-10(17-3)7-5-9/h4-7H,1-3H3/t13-/m1/s1. The lowest BCUT2D eigenvalue weighted by Gasteiger charge is -2.17. The van der Waals surface area contributed by atoms with E-state index in [9.17, 15) is 9.59 Å². The molecule has 0 bridgehead atoms. The summed E-state index contributed by atoms with van der Waals surface area (Å²) in [5, 5.41) is 0. The lowest BCUT2D eigenvalue weighted by Crippen LogP contribution is -2.41. The third-order valence-corrected chi connectivity index (χ3v) is 2.92. The number of hydrogen-bond donors (Lipinski definition) is 0. The number of amides is 1. The van der Waals surface area contributed by atoms with Crippen molar-refractivity contribution in [3.05, 3.63) is 29.8 Å². The van der Waals surface area contributed by atoms with Crippen molar-refractivity contribution in [2.24, 2.45) is 4.99 Å². The summed E-state index contributed by atoms with van der Waals surface area (Å²) in [7, 11) is 1.56. The number of carbonyl (C=O) groups excluding carboxylic acids is 2. The minimum absolute atomic E-state index is 0.167. The Morgan fingerprint density at radius 2 is 1.94 bits per heavy atom. The number of rotatable bonds is 3. The molecule has 0 aliphatic carbocycles. The highest BCUT2D eigenvalue weighted by molar-refractivity contribution is 6.18. The van der Waals surface area contributed by atoms with Crippen LogP contribution in [-0.4, -0.2) is 30.3 Å². The fourth-order valence-electron chi connectivity index (χ4n) is 1.54. The normalized spacial score (nSPS) is 22.4. The first-order valence-corrected chi connectivity index (χ1v) is 5.45. The third-order valence-electron chi connectivity index (χ3n) is 2.92. The summed E-state index contributed by atoms with van der Waals surface area (Å²) in [6.07, 6.45) is 0. The second-order valence-electron chi connectivity index (χ2n) is 4.14. The number of benzene rings is 1. The minimum Gasteiger partial charge on any atom is -0.497 e. The Morgan fingerprint density at radius 3 is 2.39 bits per heavy atom. The molecule has 0 aromatic heterocycles. The Bertz CT molecular complexity index is 532. The van der Waals surface area contributed by atoms with Crippen molar-refractivity contribution >= 4 is 17.6 Å². The summed E-state index contributed by atoms with van der Waals surface area (Å²) in [5.41, 5.74) is -0.857. The zero-order valence-corrected chi connectivity index (χ0v) is 10.4. The van der Waals surface area contributed by atoms with Crippen LogP contribution in [-0.2, 0) is 14.3 Å². The van der Waals surface area contributed by atoms with E-state index in [1.54, 1.807) is 31.4 Å². The quantitative estimate of drug-likeness (QED) is 0.756. The number of ether oxygens (including phenoxy) is 2. The van der Waals surface area contributed by atoms with Gasteiger partial charge in [0.05, 0.1) is 7.11 Å². The van der Waals surface area contributed by atoms with Crippen LogP contribution in [0.5, 0.6) is 5.75 Å². The highest BCUT2D eigenvalue weighted by Gasteiger charge is 2.46. The molecule has 0 saturated carbocycles. The Morgan fingerprint density at radius 1 is 1.33 bits per heavy atom. The number of Topliss-reactive ketones (excluding diaryl/α,β-unsaturated/α-hetero) is 1. The molecule has 5 nitrogen and oxygen atoms in total. The first kappa shape index (κ1) is 12.3. The number of methoxy groups -OCH3 is 1. The Balaban J connectivity index is 2.29. The summed E-state index contributed by atoms with van der Waals surface area (Å²) in [6, 6.07) is 6.90. The number of ketones is 1. The first-order chi connectivity index (χ1) is 8.47. The number of hydrogen-bond acceptors (Lipinski definition) is 4. The van der Waals surface area contributed by atoms with Crippen LogP contribution in [0.2, 0.25) is 0 Å². The molecule has 5 heteroatoms. The Hall–Kier alpha value is -2.17. The van der Waals surface area contributed by atoms with Crippen LogP contribution in [0.1, 0.15) is 19.4 Å². The summed E-state index contributed by atoms with van der Waals surface area (Å²) in [6.45, 7) is 2.74. The van der Waals surface area contributed by atoms with Crippen LogP contribution in [0.15, 0.2) is 29.3 Å². The summed E-state index contributed by atoms with van der Waals surface area (Å²) < 4.78 is 10.4. The number of aliphatic imine (C=N–C) groups is 1. The SMILES string of the molecule is COc1ccc(C2=NC(=O)[C@@](C)(C(C)=O)O2)cc1. The molecule has 94 valence electrons. The maximum Gasteiger partial charge on any atom is 0.300 e. The molecule has 1 aliphatic heterocycles. The highest BCUT2D eigenvalue weighted by Crippen LogP contribution is 2.25. The van der Waals surface area contributed by atoms with E-state index in [-0.39, 0.29) is 11.7 Å². The minimum atomic E-state index is -1.49. The van der Waals surface area contributed by atoms with E-state index < -0.39 is 11.5 Å². The van der Waals surface area contributed by atoms with Crippen molar-refractivity contribution in [2.45, 2.75) is 19.4 Å².